The molecule has 1 fully saturated rings. The minimum Gasteiger partial charge on any atom is -0.339 e. The number of rotatable bonds is 6. The first-order valence-corrected chi connectivity index (χ1v) is 8.17. The molecule has 0 spiro atoms. The van der Waals surface area contributed by atoms with Gasteiger partial charge in [0.05, 0.1) is 5.92 Å². The number of carbonyl (C=O) groups is 2. The zero-order valence-corrected chi connectivity index (χ0v) is 14.3. The van der Waals surface area contributed by atoms with E-state index in [2.05, 4.69) is 6.58 Å². The van der Waals surface area contributed by atoms with E-state index >= 15 is 0 Å². The molecular weight excluding hydrogens is 288 g/mol. The quantitative estimate of drug-likeness (QED) is 0.758. The molecule has 0 radical (unpaired) electrons. The summed E-state index contributed by atoms with van der Waals surface area (Å²) in [6.45, 7) is 12.1. The SMILES string of the molecule is C=C(C)CN(CC)C(=O)C1CC(=O)N(Cc2ccc(C)cc2)C1. The zero-order chi connectivity index (χ0) is 17.0. The van der Waals surface area contributed by atoms with Crippen LogP contribution in [0.4, 0.5) is 0 Å². The molecule has 0 aliphatic carbocycles. The van der Waals surface area contributed by atoms with Crippen LogP contribution in [0.1, 0.15) is 31.4 Å². The molecule has 0 saturated carbocycles. The van der Waals surface area contributed by atoms with Crippen LogP contribution in [0.2, 0.25) is 0 Å². The highest BCUT2D eigenvalue weighted by molar-refractivity contribution is 5.89. The number of likely N-dealkylation sites (tertiary alicyclic amines) is 1. The standard InChI is InChI=1S/C19H26N2O2/c1-5-20(11-14(2)3)19(23)17-10-18(22)21(13-17)12-16-8-6-15(4)7-9-16/h6-9,17H,2,5,10-13H2,1,3-4H3. The summed E-state index contributed by atoms with van der Waals surface area (Å²) in [5, 5.41) is 0. The van der Waals surface area contributed by atoms with Crippen LogP contribution < -0.4 is 0 Å². The number of benzene rings is 1. The van der Waals surface area contributed by atoms with Crippen LogP contribution in [0.5, 0.6) is 0 Å². The van der Waals surface area contributed by atoms with E-state index in [4.69, 9.17) is 0 Å². The molecule has 1 saturated heterocycles. The second-order valence-corrected chi connectivity index (χ2v) is 6.47. The van der Waals surface area contributed by atoms with Crippen LogP contribution in [0, 0.1) is 12.8 Å². The minimum absolute atomic E-state index is 0.0651. The summed E-state index contributed by atoms with van der Waals surface area (Å²) in [6.07, 6.45) is 0.317. The van der Waals surface area contributed by atoms with Crippen LogP contribution in [0.25, 0.3) is 0 Å². The summed E-state index contributed by atoms with van der Waals surface area (Å²) < 4.78 is 0. The van der Waals surface area contributed by atoms with Crippen molar-refractivity contribution >= 4 is 11.8 Å². The van der Waals surface area contributed by atoms with Crippen molar-refractivity contribution in [3.8, 4) is 0 Å². The Hall–Kier alpha value is -2.10. The van der Waals surface area contributed by atoms with Gasteiger partial charge in [-0.05, 0) is 26.3 Å². The highest BCUT2D eigenvalue weighted by Crippen LogP contribution is 2.22. The predicted molar refractivity (Wildman–Crippen MR) is 91.8 cm³/mol. The summed E-state index contributed by atoms with van der Waals surface area (Å²) in [5.41, 5.74) is 3.26. The van der Waals surface area contributed by atoms with Gasteiger partial charge in [-0.1, -0.05) is 42.0 Å². The van der Waals surface area contributed by atoms with Crippen LogP contribution in [-0.4, -0.2) is 41.2 Å². The molecule has 1 heterocycles. The van der Waals surface area contributed by atoms with Gasteiger partial charge in [0.2, 0.25) is 11.8 Å². The fourth-order valence-electron chi connectivity index (χ4n) is 2.93. The van der Waals surface area contributed by atoms with E-state index < -0.39 is 0 Å². The topological polar surface area (TPSA) is 40.6 Å². The van der Waals surface area contributed by atoms with Crippen LogP contribution >= 0.6 is 0 Å². The van der Waals surface area contributed by atoms with Crippen molar-refractivity contribution < 1.29 is 9.59 Å². The fraction of sp³-hybridized carbons (Fsp3) is 0.474. The number of amides is 2. The molecular formula is C19H26N2O2. The van der Waals surface area contributed by atoms with E-state index in [1.165, 1.54) is 5.56 Å². The van der Waals surface area contributed by atoms with E-state index in [-0.39, 0.29) is 17.7 Å². The molecule has 1 aliphatic rings. The highest BCUT2D eigenvalue weighted by Gasteiger charge is 2.36. The normalized spacial score (nSPS) is 17.4. The number of likely N-dealkylation sites (N-methyl/N-ethyl adjacent to an activating group) is 1. The first kappa shape index (κ1) is 17.3. The Labute approximate surface area is 138 Å². The second-order valence-electron chi connectivity index (χ2n) is 6.47. The molecule has 124 valence electrons. The van der Waals surface area contributed by atoms with Crippen molar-refractivity contribution in [1.29, 1.82) is 0 Å². The Morgan fingerprint density at radius 2 is 2.00 bits per heavy atom. The van der Waals surface area contributed by atoms with Gasteiger partial charge in [-0.3, -0.25) is 9.59 Å². The van der Waals surface area contributed by atoms with E-state index in [1.54, 1.807) is 9.80 Å². The van der Waals surface area contributed by atoms with Gasteiger partial charge in [0, 0.05) is 32.6 Å². The lowest BCUT2D eigenvalue weighted by Crippen LogP contribution is -2.38. The van der Waals surface area contributed by atoms with Gasteiger partial charge < -0.3 is 9.80 Å². The molecule has 0 N–H and O–H groups in total. The number of aryl methyl sites for hydroxylation is 1. The third-order valence-corrected chi connectivity index (χ3v) is 4.21. The molecule has 1 atom stereocenters. The first-order chi connectivity index (χ1) is 10.9. The molecule has 0 aromatic heterocycles. The maximum atomic E-state index is 12.6. The van der Waals surface area contributed by atoms with E-state index in [0.717, 1.165) is 11.1 Å². The Bertz CT molecular complexity index is 592. The van der Waals surface area contributed by atoms with Crippen LogP contribution in [0.15, 0.2) is 36.4 Å². The molecule has 4 nitrogen and oxygen atoms in total. The molecule has 23 heavy (non-hydrogen) atoms. The van der Waals surface area contributed by atoms with Crippen molar-refractivity contribution in [3.63, 3.8) is 0 Å². The lowest BCUT2D eigenvalue weighted by atomic mass is 10.1. The number of hydrogen-bond donors (Lipinski definition) is 0. The van der Waals surface area contributed by atoms with Gasteiger partial charge in [-0.2, -0.15) is 0 Å². The summed E-state index contributed by atoms with van der Waals surface area (Å²) in [4.78, 5) is 28.4. The van der Waals surface area contributed by atoms with E-state index in [9.17, 15) is 9.59 Å². The fourth-order valence-corrected chi connectivity index (χ4v) is 2.93. The van der Waals surface area contributed by atoms with Crippen molar-refractivity contribution in [2.24, 2.45) is 5.92 Å². The van der Waals surface area contributed by atoms with Crippen molar-refractivity contribution in [1.82, 2.24) is 9.80 Å². The molecule has 2 amide bonds. The summed E-state index contributed by atoms with van der Waals surface area (Å²) >= 11 is 0. The molecule has 1 unspecified atom stereocenters. The van der Waals surface area contributed by atoms with Gasteiger partial charge in [-0.15, -0.1) is 0 Å². The number of carbonyl (C=O) groups excluding carboxylic acids is 2. The maximum absolute atomic E-state index is 12.6. The van der Waals surface area contributed by atoms with E-state index in [0.29, 0.717) is 32.6 Å². The van der Waals surface area contributed by atoms with Crippen molar-refractivity contribution in [3.05, 3.63) is 47.5 Å². The Balaban J connectivity index is 1.99. The largest absolute Gasteiger partial charge is 0.339 e. The molecule has 0 bridgehead atoms. The monoisotopic (exact) mass is 314 g/mol. The Kier molecular flexibility index (Phi) is 5.59. The van der Waals surface area contributed by atoms with Gasteiger partial charge in [0.1, 0.15) is 0 Å². The van der Waals surface area contributed by atoms with Gasteiger partial charge >= 0.3 is 0 Å². The maximum Gasteiger partial charge on any atom is 0.228 e. The smallest absolute Gasteiger partial charge is 0.228 e. The molecule has 4 heteroatoms. The van der Waals surface area contributed by atoms with Crippen LogP contribution in [0.3, 0.4) is 0 Å². The minimum atomic E-state index is -0.229. The average molecular weight is 314 g/mol. The van der Waals surface area contributed by atoms with Gasteiger partial charge in [-0.25, -0.2) is 0 Å². The summed E-state index contributed by atoms with van der Waals surface area (Å²) in [7, 11) is 0. The lowest BCUT2D eigenvalue weighted by Gasteiger charge is -2.24. The third-order valence-electron chi connectivity index (χ3n) is 4.21. The van der Waals surface area contributed by atoms with Gasteiger partial charge in [0.15, 0.2) is 0 Å². The third kappa shape index (κ3) is 4.44. The van der Waals surface area contributed by atoms with E-state index in [1.807, 2.05) is 45.0 Å². The zero-order valence-electron chi connectivity index (χ0n) is 14.3. The van der Waals surface area contributed by atoms with Gasteiger partial charge in [0.25, 0.3) is 0 Å². The van der Waals surface area contributed by atoms with Crippen LogP contribution in [-0.2, 0) is 16.1 Å². The Morgan fingerprint density at radius 3 is 2.57 bits per heavy atom. The molecule has 1 aromatic carbocycles. The van der Waals surface area contributed by atoms with Crippen molar-refractivity contribution in [2.75, 3.05) is 19.6 Å². The Morgan fingerprint density at radius 1 is 1.35 bits per heavy atom. The molecule has 1 aromatic rings. The average Bonchev–Trinajstić information content (AvgIpc) is 2.87. The summed E-state index contributed by atoms with van der Waals surface area (Å²) in [6, 6.07) is 8.17. The molecule has 2 rings (SSSR count). The summed E-state index contributed by atoms with van der Waals surface area (Å²) in [5.74, 6) is -0.0993. The second kappa shape index (κ2) is 7.44. The number of hydrogen-bond acceptors (Lipinski definition) is 2. The first-order valence-electron chi connectivity index (χ1n) is 8.17. The van der Waals surface area contributed by atoms with Crippen molar-refractivity contribution in [2.45, 2.75) is 33.7 Å². The highest BCUT2D eigenvalue weighted by atomic mass is 16.2. The predicted octanol–water partition coefficient (Wildman–Crippen LogP) is 2.77. The molecule has 1 aliphatic heterocycles. The lowest BCUT2D eigenvalue weighted by molar-refractivity contribution is -0.135. The number of nitrogens with zero attached hydrogens (tertiary/aromatic N) is 2.